The minimum absolute atomic E-state index is 0.0801. The fourth-order valence-corrected chi connectivity index (χ4v) is 3.05. The number of aryl methyl sites for hydroxylation is 1. The van der Waals surface area contributed by atoms with Crippen molar-refractivity contribution in [2.45, 2.75) is 13.5 Å². The molecule has 0 saturated heterocycles. The van der Waals surface area contributed by atoms with Gasteiger partial charge < -0.3 is 14.8 Å². The van der Waals surface area contributed by atoms with E-state index in [9.17, 15) is 18.4 Å². The number of ether oxygens (including phenoxy) is 2. The fourth-order valence-electron chi connectivity index (χ4n) is 2.85. The van der Waals surface area contributed by atoms with Gasteiger partial charge in [-0.1, -0.05) is 17.7 Å². The summed E-state index contributed by atoms with van der Waals surface area (Å²) in [5.74, 6) is -2.01. The first kappa shape index (κ1) is 23.4. The van der Waals surface area contributed by atoms with E-state index in [1.54, 1.807) is 25.1 Å². The maximum atomic E-state index is 13.8. The van der Waals surface area contributed by atoms with Gasteiger partial charge in [0.05, 0.1) is 12.3 Å². The Morgan fingerprint density at radius 2 is 2.00 bits per heavy atom. The molecule has 0 bridgehead atoms. The van der Waals surface area contributed by atoms with Crippen molar-refractivity contribution >= 4 is 17.5 Å². The maximum Gasteiger partial charge on any atom is 0.280 e. The highest BCUT2D eigenvalue weighted by Crippen LogP contribution is 2.21. The number of aromatic nitrogens is 2. The van der Waals surface area contributed by atoms with Crippen molar-refractivity contribution in [3.8, 4) is 11.6 Å². The first-order valence-corrected chi connectivity index (χ1v) is 9.91. The van der Waals surface area contributed by atoms with Gasteiger partial charge in [-0.05, 0) is 36.8 Å². The van der Waals surface area contributed by atoms with E-state index in [2.05, 4.69) is 10.3 Å². The van der Waals surface area contributed by atoms with Gasteiger partial charge in [0, 0.05) is 30.8 Å². The van der Waals surface area contributed by atoms with E-state index in [-0.39, 0.29) is 29.0 Å². The summed E-state index contributed by atoms with van der Waals surface area (Å²) in [6.07, 6.45) is 1.21. The Hall–Kier alpha value is -3.30. The molecule has 0 aliphatic heterocycles. The van der Waals surface area contributed by atoms with E-state index in [1.807, 2.05) is 0 Å². The van der Waals surface area contributed by atoms with E-state index in [4.69, 9.17) is 21.1 Å². The second-order valence-electron chi connectivity index (χ2n) is 6.81. The lowest BCUT2D eigenvalue weighted by Crippen LogP contribution is -2.27. The molecular weight excluding hydrogens is 444 g/mol. The summed E-state index contributed by atoms with van der Waals surface area (Å²) in [5.41, 5.74) is 0.921. The second-order valence-corrected chi connectivity index (χ2v) is 7.19. The summed E-state index contributed by atoms with van der Waals surface area (Å²) >= 11 is 6.15. The molecule has 1 N–H and O–H groups in total. The summed E-state index contributed by atoms with van der Waals surface area (Å²) in [6.45, 7) is 2.18. The van der Waals surface area contributed by atoms with Crippen LogP contribution >= 0.6 is 11.6 Å². The molecule has 0 atom stereocenters. The SMILES string of the molecule is COCCNC(=O)c1ccc(C)c(-n2cnc(OCc3ccc(F)cc3F)c(Cl)c2=O)c1. The number of amides is 1. The van der Waals surface area contributed by atoms with Gasteiger partial charge in [-0.15, -0.1) is 0 Å². The average molecular weight is 464 g/mol. The van der Waals surface area contributed by atoms with Gasteiger partial charge in [0.2, 0.25) is 5.88 Å². The third-order valence-corrected chi connectivity index (χ3v) is 4.91. The average Bonchev–Trinajstić information content (AvgIpc) is 2.76. The number of methoxy groups -OCH3 is 1. The Labute approximate surface area is 187 Å². The van der Waals surface area contributed by atoms with Crippen LogP contribution < -0.4 is 15.6 Å². The Balaban J connectivity index is 1.85. The second kappa shape index (κ2) is 10.3. The minimum Gasteiger partial charge on any atom is -0.471 e. The van der Waals surface area contributed by atoms with E-state index in [0.29, 0.717) is 30.0 Å². The minimum atomic E-state index is -0.786. The summed E-state index contributed by atoms with van der Waals surface area (Å²) in [7, 11) is 1.53. The Morgan fingerprint density at radius 1 is 1.22 bits per heavy atom. The van der Waals surface area contributed by atoms with Crippen molar-refractivity contribution in [3.05, 3.63) is 86.4 Å². The molecule has 3 aromatic rings. The molecule has 7 nitrogen and oxygen atoms in total. The summed E-state index contributed by atoms with van der Waals surface area (Å²) in [6, 6.07) is 7.93. The molecule has 1 amide bonds. The number of hydrogen-bond acceptors (Lipinski definition) is 5. The lowest BCUT2D eigenvalue weighted by Gasteiger charge is -2.13. The van der Waals surface area contributed by atoms with Gasteiger partial charge >= 0.3 is 0 Å². The molecule has 0 saturated carbocycles. The van der Waals surface area contributed by atoms with Crippen LogP contribution in [0.4, 0.5) is 8.78 Å². The molecular formula is C22H20ClF2N3O4. The number of rotatable bonds is 8. The van der Waals surface area contributed by atoms with Gasteiger partial charge in [0.1, 0.15) is 24.6 Å². The van der Waals surface area contributed by atoms with Crippen molar-refractivity contribution in [1.29, 1.82) is 0 Å². The van der Waals surface area contributed by atoms with Gasteiger partial charge in [-0.3, -0.25) is 14.2 Å². The third-order valence-electron chi connectivity index (χ3n) is 4.59. The van der Waals surface area contributed by atoms with Crippen molar-refractivity contribution in [2.24, 2.45) is 0 Å². The molecule has 32 heavy (non-hydrogen) atoms. The predicted octanol–water partition coefficient (Wildman–Crippen LogP) is 3.43. The molecule has 2 aromatic carbocycles. The highest BCUT2D eigenvalue weighted by atomic mass is 35.5. The maximum absolute atomic E-state index is 13.8. The van der Waals surface area contributed by atoms with E-state index >= 15 is 0 Å². The van der Waals surface area contributed by atoms with Gasteiger partial charge in [0.15, 0.2) is 5.02 Å². The third kappa shape index (κ3) is 5.30. The number of hydrogen-bond donors (Lipinski definition) is 1. The van der Waals surface area contributed by atoms with Crippen LogP contribution in [0, 0.1) is 18.6 Å². The standard InChI is InChI=1S/C22H20ClF2N3O4/c1-13-3-4-14(20(29)26-7-8-31-2)9-18(13)28-12-27-21(19(23)22(28)30)32-11-15-5-6-16(24)10-17(15)25/h3-6,9-10,12H,7-8,11H2,1-2H3,(H,26,29). The Bertz CT molecular complexity index is 1200. The molecule has 0 aliphatic rings. The lowest BCUT2D eigenvalue weighted by atomic mass is 10.1. The summed E-state index contributed by atoms with van der Waals surface area (Å²) < 4.78 is 38.3. The Morgan fingerprint density at radius 3 is 2.72 bits per heavy atom. The van der Waals surface area contributed by atoms with E-state index in [1.165, 1.54) is 24.1 Å². The smallest absolute Gasteiger partial charge is 0.280 e. The highest BCUT2D eigenvalue weighted by Gasteiger charge is 2.16. The zero-order valence-electron chi connectivity index (χ0n) is 17.3. The zero-order chi connectivity index (χ0) is 23.3. The normalized spacial score (nSPS) is 10.8. The molecule has 0 fully saturated rings. The van der Waals surface area contributed by atoms with Crippen LogP contribution in [-0.4, -0.2) is 35.7 Å². The number of carbonyl (C=O) groups is 1. The number of benzene rings is 2. The van der Waals surface area contributed by atoms with Crippen molar-refractivity contribution in [3.63, 3.8) is 0 Å². The van der Waals surface area contributed by atoms with Gasteiger partial charge in [-0.2, -0.15) is 0 Å². The van der Waals surface area contributed by atoms with Crippen LogP contribution in [0.25, 0.3) is 5.69 Å². The Kier molecular flexibility index (Phi) is 7.55. The van der Waals surface area contributed by atoms with Crippen LogP contribution in [0.1, 0.15) is 21.5 Å². The molecule has 0 radical (unpaired) electrons. The topological polar surface area (TPSA) is 82.4 Å². The first-order chi connectivity index (χ1) is 15.3. The van der Waals surface area contributed by atoms with E-state index in [0.717, 1.165) is 12.1 Å². The number of nitrogens with one attached hydrogen (secondary N) is 1. The van der Waals surface area contributed by atoms with Gasteiger partial charge in [0.25, 0.3) is 11.5 Å². The fraction of sp³-hybridized carbons (Fsp3) is 0.227. The molecule has 3 rings (SSSR count). The molecule has 0 aliphatic carbocycles. The van der Waals surface area contributed by atoms with Crippen LogP contribution in [-0.2, 0) is 11.3 Å². The molecule has 1 heterocycles. The van der Waals surface area contributed by atoms with Crippen molar-refractivity contribution in [2.75, 3.05) is 20.3 Å². The van der Waals surface area contributed by atoms with Crippen LogP contribution in [0.2, 0.25) is 5.02 Å². The van der Waals surface area contributed by atoms with Crippen molar-refractivity contribution < 1.29 is 23.0 Å². The van der Waals surface area contributed by atoms with E-state index < -0.39 is 17.2 Å². The van der Waals surface area contributed by atoms with Crippen LogP contribution in [0.3, 0.4) is 0 Å². The number of halogens is 3. The number of carbonyl (C=O) groups excluding carboxylic acids is 1. The largest absolute Gasteiger partial charge is 0.471 e. The lowest BCUT2D eigenvalue weighted by molar-refractivity contribution is 0.0937. The first-order valence-electron chi connectivity index (χ1n) is 9.54. The highest BCUT2D eigenvalue weighted by molar-refractivity contribution is 6.31. The molecule has 0 spiro atoms. The van der Waals surface area contributed by atoms with Crippen LogP contribution in [0.5, 0.6) is 5.88 Å². The predicted molar refractivity (Wildman–Crippen MR) is 114 cm³/mol. The van der Waals surface area contributed by atoms with Gasteiger partial charge in [-0.25, -0.2) is 13.8 Å². The molecule has 1 aromatic heterocycles. The monoisotopic (exact) mass is 463 g/mol. The summed E-state index contributed by atoms with van der Waals surface area (Å²) in [4.78, 5) is 29.2. The summed E-state index contributed by atoms with van der Waals surface area (Å²) in [5, 5.41) is 2.39. The molecule has 168 valence electrons. The molecule has 0 unspecified atom stereocenters. The molecule has 10 heteroatoms. The van der Waals surface area contributed by atoms with Crippen molar-refractivity contribution in [1.82, 2.24) is 14.9 Å². The zero-order valence-corrected chi connectivity index (χ0v) is 18.1. The van der Waals surface area contributed by atoms with Crippen LogP contribution in [0.15, 0.2) is 47.5 Å². The number of nitrogens with zero attached hydrogens (tertiary/aromatic N) is 2. The quantitative estimate of drug-likeness (QED) is 0.517.